The van der Waals surface area contributed by atoms with E-state index in [2.05, 4.69) is 22.1 Å². The zero-order valence-corrected chi connectivity index (χ0v) is 14.5. The normalized spacial score (nSPS) is 27.7. The summed E-state index contributed by atoms with van der Waals surface area (Å²) in [7, 11) is 0. The van der Waals surface area contributed by atoms with E-state index in [4.69, 9.17) is 4.74 Å². The van der Waals surface area contributed by atoms with Crippen molar-refractivity contribution in [1.29, 1.82) is 0 Å². The molecule has 1 heterocycles. The molecule has 1 aromatic heterocycles. The van der Waals surface area contributed by atoms with Gasteiger partial charge in [0.05, 0.1) is 0 Å². The topological polar surface area (TPSA) is 50.4 Å². The number of nitrogens with one attached hydrogen (secondary N) is 2. The third-order valence-corrected chi connectivity index (χ3v) is 5.34. The largest absolute Gasteiger partial charge is 0.444 e. The van der Waals surface area contributed by atoms with Crippen LogP contribution in [0.2, 0.25) is 0 Å². The van der Waals surface area contributed by atoms with Crippen LogP contribution in [-0.2, 0) is 11.2 Å². The van der Waals surface area contributed by atoms with Crippen molar-refractivity contribution in [1.82, 2.24) is 10.6 Å². The van der Waals surface area contributed by atoms with Crippen molar-refractivity contribution in [3.8, 4) is 0 Å². The van der Waals surface area contributed by atoms with E-state index in [0.29, 0.717) is 12.1 Å². The smallest absolute Gasteiger partial charge is 0.407 e. The maximum Gasteiger partial charge on any atom is 0.407 e. The zero-order chi connectivity index (χ0) is 15.7. The van der Waals surface area contributed by atoms with Gasteiger partial charge in [-0.2, -0.15) is 0 Å². The maximum atomic E-state index is 11.7. The lowest BCUT2D eigenvalue weighted by atomic mass is 9.84. The molecule has 0 aliphatic heterocycles. The minimum absolute atomic E-state index is 0.248. The average molecular weight is 322 g/mol. The van der Waals surface area contributed by atoms with Gasteiger partial charge in [-0.05, 0) is 69.9 Å². The number of hydrogen-bond donors (Lipinski definition) is 2. The number of aryl methyl sites for hydroxylation is 1. The van der Waals surface area contributed by atoms with E-state index in [0.717, 1.165) is 12.8 Å². The van der Waals surface area contributed by atoms with Crippen molar-refractivity contribution in [3.05, 3.63) is 21.9 Å². The van der Waals surface area contributed by atoms with Gasteiger partial charge in [0.2, 0.25) is 0 Å². The molecule has 1 fully saturated rings. The molecule has 122 valence electrons. The van der Waals surface area contributed by atoms with Gasteiger partial charge in [0, 0.05) is 23.0 Å². The number of carbonyl (C=O) groups excluding carboxylic acids is 1. The van der Waals surface area contributed by atoms with Gasteiger partial charge in [0.15, 0.2) is 0 Å². The Kier molecular flexibility index (Phi) is 4.46. The second-order valence-corrected chi connectivity index (χ2v) is 8.42. The molecule has 2 aliphatic rings. The van der Waals surface area contributed by atoms with E-state index < -0.39 is 5.60 Å². The molecule has 1 atom stereocenters. The first-order chi connectivity index (χ1) is 10.4. The van der Waals surface area contributed by atoms with E-state index >= 15 is 0 Å². The van der Waals surface area contributed by atoms with Gasteiger partial charge < -0.3 is 15.4 Å². The van der Waals surface area contributed by atoms with E-state index in [9.17, 15) is 4.79 Å². The van der Waals surface area contributed by atoms with Crippen molar-refractivity contribution in [3.63, 3.8) is 0 Å². The summed E-state index contributed by atoms with van der Waals surface area (Å²) < 4.78 is 5.30. The van der Waals surface area contributed by atoms with Crippen molar-refractivity contribution < 1.29 is 9.53 Å². The average Bonchev–Trinajstić information content (AvgIpc) is 2.83. The Hall–Kier alpha value is -1.07. The van der Waals surface area contributed by atoms with Gasteiger partial charge >= 0.3 is 6.09 Å². The van der Waals surface area contributed by atoms with Gasteiger partial charge in [0.1, 0.15) is 5.60 Å². The van der Waals surface area contributed by atoms with E-state index in [-0.39, 0.29) is 12.1 Å². The molecule has 22 heavy (non-hydrogen) atoms. The number of rotatable bonds is 3. The van der Waals surface area contributed by atoms with Crippen molar-refractivity contribution in [2.75, 3.05) is 0 Å². The molecule has 0 saturated heterocycles. The molecular weight excluding hydrogens is 296 g/mol. The minimum atomic E-state index is -0.428. The fourth-order valence-corrected chi connectivity index (χ4v) is 4.28. The Bertz CT molecular complexity index is 529. The predicted octanol–water partition coefficient (Wildman–Crippen LogP) is 3.77. The van der Waals surface area contributed by atoms with Crippen molar-refractivity contribution in [2.24, 2.45) is 0 Å². The van der Waals surface area contributed by atoms with E-state index in [1.54, 1.807) is 4.88 Å². The summed E-state index contributed by atoms with van der Waals surface area (Å²) in [6.45, 7) is 5.66. The number of fused-ring (bicyclic) bond motifs is 1. The standard InChI is InChI=1S/C17H26N2O2S/c1-17(2,3)21-16(20)19-12-9-11(10-12)18-14-5-4-6-15-13(14)7-8-22-15/h7-8,11-12,14,18H,4-6,9-10H2,1-3H3,(H,19,20). The second kappa shape index (κ2) is 6.20. The van der Waals surface area contributed by atoms with Gasteiger partial charge in [-0.15, -0.1) is 11.3 Å². The Balaban J connectivity index is 1.43. The molecule has 0 bridgehead atoms. The van der Waals surface area contributed by atoms with Crippen LogP contribution >= 0.6 is 11.3 Å². The summed E-state index contributed by atoms with van der Waals surface area (Å²) in [5.41, 5.74) is 1.07. The van der Waals surface area contributed by atoms with Gasteiger partial charge in [-0.1, -0.05) is 0 Å². The monoisotopic (exact) mass is 322 g/mol. The molecule has 1 amide bonds. The molecule has 0 spiro atoms. The molecule has 1 aromatic rings. The molecule has 3 rings (SSSR count). The third kappa shape index (κ3) is 3.82. The van der Waals surface area contributed by atoms with Crippen LogP contribution in [0.25, 0.3) is 0 Å². The quantitative estimate of drug-likeness (QED) is 0.890. The van der Waals surface area contributed by atoms with E-state index in [1.165, 1.54) is 24.8 Å². The molecule has 1 unspecified atom stereocenters. The number of carbonyl (C=O) groups is 1. The van der Waals surface area contributed by atoms with Crippen LogP contribution in [-0.4, -0.2) is 23.8 Å². The van der Waals surface area contributed by atoms with Crippen LogP contribution in [0.3, 0.4) is 0 Å². The van der Waals surface area contributed by atoms with Gasteiger partial charge in [-0.3, -0.25) is 0 Å². The summed E-state index contributed by atoms with van der Waals surface area (Å²) in [6, 6.07) is 3.53. The molecule has 0 aromatic carbocycles. The lowest BCUT2D eigenvalue weighted by molar-refractivity contribution is 0.0462. The molecule has 0 radical (unpaired) electrons. The second-order valence-electron chi connectivity index (χ2n) is 7.42. The fraction of sp³-hybridized carbons (Fsp3) is 0.706. The maximum absolute atomic E-state index is 11.7. The van der Waals surface area contributed by atoms with Crippen LogP contribution in [0.1, 0.15) is 62.9 Å². The van der Waals surface area contributed by atoms with E-state index in [1.807, 2.05) is 32.1 Å². The highest BCUT2D eigenvalue weighted by molar-refractivity contribution is 7.10. The first-order valence-electron chi connectivity index (χ1n) is 8.22. The molecular formula is C17H26N2O2S. The number of thiophene rings is 1. The fourth-order valence-electron chi connectivity index (χ4n) is 3.29. The Labute approximate surface area is 136 Å². The highest BCUT2D eigenvalue weighted by Gasteiger charge is 2.34. The summed E-state index contributed by atoms with van der Waals surface area (Å²) in [5.74, 6) is 0. The summed E-state index contributed by atoms with van der Waals surface area (Å²) in [4.78, 5) is 13.3. The number of hydrogen-bond acceptors (Lipinski definition) is 4. The highest BCUT2D eigenvalue weighted by Crippen LogP contribution is 2.35. The first-order valence-corrected chi connectivity index (χ1v) is 9.10. The number of alkyl carbamates (subject to hydrolysis) is 1. The summed E-state index contributed by atoms with van der Waals surface area (Å²) >= 11 is 1.88. The number of ether oxygens (including phenoxy) is 1. The SMILES string of the molecule is CC(C)(C)OC(=O)NC1CC(NC2CCCc3sccc32)C1. The lowest BCUT2D eigenvalue weighted by Gasteiger charge is -2.39. The Morgan fingerprint density at radius 1 is 1.32 bits per heavy atom. The van der Waals surface area contributed by atoms with Crippen LogP contribution in [0, 0.1) is 0 Å². The number of amides is 1. The van der Waals surface area contributed by atoms with Crippen LogP contribution in [0.4, 0.5) is 4.79 Å². The molecule has 2 aliphatic carbocycles. The van der Waals surface area contributed by atoms with Crippen molar-refractivity contribution in [2.45, 2.75) is 76.6 Å². The highest BCUT2D eigenvalue weighted by atomic mass is 32.1. The first kappa shape index (κ1) is 15.8. The zero-order valence-electron chi connectivity index (χ0n) is 13.6. The molecule has 1 saturated carbocycles. The summed E-state index contributed by atoms with van der Waals surface area (Å²) in [6.07, 6.45) is 5.43. The predicted molar refractivity (Wildman–Crippen MR) is 89.3 cm³/mol. The van der Waals surface area contributed by atoms with Crippen molar-refractivity contribution >= 4 is 17.4 Å². The summed E-state index contributed by atoms with van der Waals surface area (Å²) in [5, 5.41) is 8.93. The Morgan fingerprint density at radius 3 is 2.82 bits per heavy atom. The minimum Gasteiger partial charge on any atom is -0.444 e. The van der Waals surface area contributed by atoms with Crippen LogP contribution in [0.5, 0.6) is 0 Å². The van der Waals surface area contributed by atoms with Crippen LogP contribution in [0.15, 0.2) is 11.4 Å². The van der Waals surface area contributed by atoms with Crippen LogP contribution < -0.4 is 10.6 Å². The third-order valence-electron chi connectivity index (χ3n) is 4.35. The Morgan fingerprint density at radius 2 is 2.09 bits per heavy atom. The molecule has 5 heteroatoms. The lowest BCUT2D eigenvalue weighted by Crippen LogP contribution is -2.53. The van der Waals surface area contributed by atoms with Gasteiger partial charge in [-0.25, -0.2) is 4.79 Å². The molecule has 4 nitrogen and oxygen atoms in total. The molecule has 2 N–H and O–H groups in total. The van der Waals surface area contributed by atoms with Gasteiger partial charge in [0.25, 0.3) is 0 Å².